The molecule has 0 aliphatic heterocycles. The second kappa shape index (κ2) is 6.41. The summed E-state index contributed by atoms with van der Waals surface area (Å²) in [5.74, 6) is 5.42. The number of para-hydroxylation sites is 2. The fourth-order valence-corrected chi connectivity index (χ4v) is 1.56. The van der Waals surface area contributed by atoms with Gasteiger partial charge in [-0.2, -0.15) is 0 Å². The number of anilines is 2. The summed E-state index contributed by atoms with van der Waals surface area (Å²) in [6.45, 7) is 0. The average Bonchev–Trinajstić information content (AvgIpc) is 2.29. The van der Waals surface area contributed by atoms with Gasteiger partial charge in [-0.05, 0) is 26.2 Å². The van der Waals surface area contributed by atoms with Crippen molar-refractivity contribution in [2.24, 2.45) is 5.84 Å². The number of benzene rings is 1. The highest BCUT2D eigenvalue weighted by Gasteiger charge is 2.18. The first-order valence-electron chi connectivity index (χ1n) is 5.50. The highest BCUT2D eigenvalue weighted by atomic mass is 16.7. The Morgan fingerprint density at radius 3 is 2.29 bits per heavy atom. The number of quaternary nitrogens is 1. The van der Waals surface area contributed by atoms with E-state index in [1.807, 2.05) is 57.4 Å². The molecule has 0 amide bonds. The van der Waals surface area contributed by atoms with Crippen molar-refractivity contribution < 1.29 is 9.74 Å². The van der Waals surface area contributed by atoms with Crippen LogP contribution in [-0.4, -0.2) is 39.4 Å². The van der Waals surface area contributed by atoms with Crippen LogP contribution in [0.3, 0.4) is 0 Å². The minimum Gasteiger partial charge on any atom is -0.322 e. The summed E-state index contributed by atoms with van der Waals surface area (Å²) in [6, 6.07) is 7.59. The van der Waals surface area contributed by atoms with Crippen LogP contribution in [0.5, 0.6) is 0 Å². The van der Waals surface area contributed by atoms with E-state index in [4.69, 9.17) is 10.7 Å². The molecule has 0 fully saturated rings. The minimum absolute atomic E-state index is 0.0826. The van der Waals surface area contributed by atoms with Crippen LogP contribution in [0.1, 0.15) is 0 Å². The molecule has 6 heteroatoms. The van der Waals surface area contributed by atoms with Gasteiger partial charge in [0.05, 0.1) is 25.5 Å². The smallest absolute Gasteiger partial charge is 0.275 e. The zero-order valence-corrected chi connectivity index (χ0v) is 10.8. The number of nitrogen functional groups attached to an aromatic ring is 1. The molecule has 6 nitrogen and oxygen atoms in total. The number of hydrazine groups is 1. The first-order valence-corrected chi connectivity index (χ1v) is 5.50. The summed E-state index contributed by atoms with van der Waals surface area (Å²) in [7, 11) is 7.98. The molecule has 0 radical (unpaired) electrons. The van der Waals surface area contributed by atoms with Crippen molar-refractivity contribution in [3.05, 3.63) is 24.3 Å². The van der Waals surface area contributed by atoms with E-state index in [0.717, 1.165) is 11.4 Å². The van der Waals surface area contributed by atoms with Gasteiger partial charge in [0.1, 0.15) is 0 Å². The van der Waals surface area contributed by atoms with Crippen LogP contribution >= 0.6 is 0 Å². The summed E-state index contributed by atoms with van der Waals surface area (Å²) in [5.41, 5.74) is 7.14. The van der Waals surface area contributed by atoms with E-state index in [1.165, 1.54) is 4.90 Å². The third kappa shape index (κ3) is 3.86. The molecule has 1 aromatic carbocycles. The van der Waals surface area contributed by atoms with Gasteiger partial charge in [-0.15, -0.1) is 0 Å². The third-order valence-electron chi connectivity index (χ3n) is 2.33. The summed E-state index contributed by atoms with van der Waals surface area (Å²) in [5, 5.41) is 0. The molecule has 0 saturated heterocycles. The van der Waals surface area contributed by atoms with Gasteiger partial charge in [0.2, 0.25) is 0 Å². The number of hydrogen-bond acceptors (Lipinski definition) is 5. The van der Waals surface area contributed by atoms with E-state index in [0.29, 0.717) is 0 Å². The van der Waals surface area contributed by atoms with Gasteiger partial charge < -0.3 is 5.43 Å². The minimum atomic E-state index is -0.0826. The lowest BCUT2D eigenvalue weighted by Crippen LogP contribution is -3.12. The maximum Gasteiger partial charge on any atom is 0.275 e. The highest BCUT2D eigenvalue weighted by Crippen LogP contribution is 2.19. The van der Waals surface area contributed by atoms with E-state index in [1.54, 1.807) is 0 Å². The summed E-state index contributed by atoms with van der Waals surface area (Å²) in [6.07, 6.45) is -0.0826. The molecule has 1 aromatic rings. The second-order valence-electron chi connectivity index (χ2n) is 4.30. The van der Waals surface area contributed by atoms with E-state index in [2.05, 4.69) is 10.9 Å². The molecule has 1 rings (SSSR count). The molecule has 0 saturated carbocycles. The lowest BCUT2D eigenvalue weighted by atomic mass is 10.3. The quantitative estimate of drug-likeness (QED) is 0.301. The number of hydrogen-bond donors (Lipinski definition) is 4. The Morgan fingerprint density at radius 1 is 1.24 bits per heavy atom. The Balaban J connectivity index is 2.65. The van der Waals surface area contributed by atoms with Gasteiger partial charge >= 0.3 is 0 Å². The first kappa shape index (κ1) is 13.7. The topological polar surface area (TPSA) is 67.0 Å². The van der Waals surface area contributed by atoms with Crippen molar-refractivity contribution >= 4 is 11.4 Å². The lowest BCUT2D eigenvalue weighted by Gasteiger charge is -2.26. The van der Waals surface area contributed by atoms with Crippen molar-refractivity contribution in [1.29, 1.82) is 0 Å². The van der Waals surface area contributed by atoms with Gasteiger partial charge in [-0.1, -0.05) is 12.1 Å². The number of rotatable bonds is 6. The molecule has 96 valence electrons. The van der Waals surface area contributed by atoms with Crippen LogP contribution in [0.2, 0.25) is 0 Å². The van der Waals surface area contributed by atoms with Crippen molar-refractivity contribution in [3.8, 4) is 0 Å². The third-order valence-corrected chi connectivity index (χ3v) is 2.33. The van der Waals surface area contributed by atoms with Gasteiger partial charge in [0, 0.05) is 0 Å². The molecule has 0 aromatic heterocycles. The van der Waals surface area contributed by atoms with Gasteiger partial charge in [-0.3, -0.25) is 16.2 Å². The Bertz CT molecular complexity index is 334. The maximum atomic E-state index is 5.64. The zero-order chi connectivity index (χ0) is 12.8. The predicted octanol–water partition coefficient (Wildman–Crippen LogP) is -0.695. The van der Waals surface area contributed by atoms with Crippen molar-refractivity contribution in [2.75, 3.05) is 39.1 Å². The predicted molar refractivity (Wildman–Crippen MR) is 69.2 cm³/mol. The summed E-state index contributed by atoms with van der Waals surface area (Å²) in [4.78, 5) is 8.79. The Hall–Kier alpha value is -1.34. The van der Waals surface area contributed by atoms with Gasteiger partial charge in [0.25, 0.3) is 6.35 Å². The molecule has 0 aliphatic rings. The van der Waals surface area contributed by atoms with Crippen LogP contribution in [0.25, 0.3) is 0 Å². The molecule has 1 unspecified atom stereocenters. The van der Waals surface area contributed by atoms with E-state index >= 15 is 0 Å². The molecule has 0 aliphatic carbocycles. The Morgan fingerprint density at radius 2 is 1.82 bits per heavy atom. The Kier molecular flexibility index (Phi) is 5.17. The first-order chi connectivity index (χ1) is 8.06. The normalized spacial score (nSPS) is 12.9. The van der Waals surface area contributed by atoms with Crippen LogP contribution in [-0.2, 0) is 4.84 Å². The Labute approximate surface area is 102 Å². The lowest BCUT2D eigenvalue weighted by molar-refractivity contribution is -0.923. The number of nitrogens with zero attached hydrogens (tertiary/aromatic N) is 1. The van der Waals surface area contributed by atoms with E-state index < -0.39 is 0 Å². The molecule has 0 heterocycles. The van der Waals surface area contributed by atoms with Crippen LogP contribution < -0.4 is 21.6 Å². The zero-order valence-electron chi connectivity index (χ0n) is 10.8. The molecular weight excluding hydrogens is 218 g/mol. The largest absolute Gasteiger partial charge is 0.322 e. The second-order valence-corrected chi connectivity index (χ2v) is 4.30. The molecule has 0 bridgehead atoms. The highest BCUT2D eigenvalue weighted by molar-refractivity contribution is 5.66. The average molecular weight is 240 g/mol. The van der Waals surface area contributed by atoms with Crippen LogP contribution in [0.4, 0.5) is 11.4 Å². The number of nitrogens with two attached hydrogens (primary N) is 1. The fraction of sp³-hybridized carbons (Fsp3) is 0.455. The van der Waals surface area contributed by atoms with E-state index in [9.17, 15) is 0 Å². The molecule has 1 atom stereocenters. The SMILES string of the molecule is CN(C)C(ONc1ccccc1NN)[NH+](C)C. The van der Waals surface area contributed by atoms with Crippen molar-refractivity contribution in [3.63, 3.8) is 0 Å². The van der Waals surface area contributed by atoms with Gasteiger partial charge in [0.15, 0.2) is 0 Å². The van der Waals surface area contributed by atoms with Crippen molar-refractivity contribution in [2.45, 2.75) is 6.35 Å². The van der Waals surface area contributed by atoms with Crippen molar-refractivity contribution in [1.82, 2.24) is 4.90 Å². The van der Waals surface area contributed by atoms with Crippen LogP contribution in [0, 0.1) is 0 Å². The van der Waals surface area contributed by atoms with E-state index in [-0.39, 0.29) is 6.35 Å². The monoisotopic (exact) mass is 240 g/mol. The molecule has 5 N–H and O–H groups in total. The maximum absolute atomic E-state index is 5.64. The van der Waals surface area contributed by atoms with Gasteiger partial charge in [-0.25, -0.2) is 9.74 Å². The molecule has 0 spiro atoms. The fourth-order valence-electron chi connectivity index (χ4n) is 1.56. The summed E-state index contributed by atoms with van der Waals surface area (Å²) < 4.78 is 0. The summed E-state index contributed by atoms with van der Waals surface area (Å²) >= 11 is 0. The number of nitrogens with one attached hydrogen (secondary N) is 3. The molecule has 17 heavy (non-hydrogen) atoms. The molecular formula is C11H22N5O+. The van der Waals surface area contributed by atoms with Crippen LogP contribution in [0.15, 0.2) is 24.3 Å². The standard InChI is InChI=1S/C11H21N5O/c1-15(2)11(16(3)4)17-14-10-8-6-5-7-9(10)13-12/h5-8,11,13-14H,12H2,1-4H3/p+1.